The Labute approximate surface area is 133 Å². The van der Waals surface area contributed by atoms with Crippen molar-refractivity contribution >= 4 is 11.8 Å². The van der Waals surface area contributed by atoms with Crippen molar-refractivity contribution in [2.75, 3.05) is 0 Å². The van der Waals surface area contributed by atoms with E-state index >= 15 is 0 Å². The lowest BCUT2D eigenvalue weighted by molar-refractivity contribution is 0.424. The van der Waals surface area contributed by atoms with E-state index in [1.165, 1.54) is 26.5 Å². The number of aryl methyl sites for hydroxylation is 2. The van der Waals surface area contributed by atoms with Crippen molar-refractivity contribution in [1.29, 1.82) is 0 Å². The highest BCUT2D eigenvalue weighted by Crippen LogP contribution is 2.29. The molecule has 2 heteroatoms. The summed E-state index contributed by atoms with van der Waals surface area (Å²) in [5.41, 5.74) is 4.18. The molecule has 2 aromatic rings. The van der Waals surface area contributed by atoms with Crippen LogP contribution in [0.15, 0.2) is 52.3 Å². The molecule has 1 N–H and O–H groups in total. The molecule has 0 spiro atoms. The molecule has 0 saturated carbocycles. The molecule has 112 valence electrons. The lowest BCUT2D eigenvalue weighted by Gasteiger charge is -2.21. The summed E-state index contributed by atoms with van der Waals surface area (Å²) in [4.78, 5) is 2.59. The molecule has 0 atom stereocenters. The van der Waals surface area contributed by atoms with Crippen LogP contribution in [-0.4, -0.2) is 5.54 Å². The van der Waals surface area contributed by atoms with E-state index < -0.39 is 0 Å². The Morgan fingerprint density at radius 2 is 1.52 bits per heavy atom. The zero-order valence-corrected chi connectivity index (χ0v) is 14.5. The van der Waals surface area contributed by atoms with Crippen molar-refractivity contribution in [2.24, 2.45) is 0 Å². The minimum atomic E-state index is 0.155. The Morgan fingerprint density at radius 1 is 0.905 bits per heavy atom. The van der Waals surface area contributed by atoms with Gasteiger partial charge in [0, 0.05) is 21.9 Å². The van der Waals surface area contributed by atoms with Crippen molar-refractivity contribution in [3.05, 3.63) is 59.2 Å². The van der Waals surface area contributed by atoms with Crippen LogP contribution < -0.4 is 5.32 Å². The number of rotatable bonds is 4. The molecule has 0 amide bonds. The Morgan fingerprint density at radius 3 is 2.10 bits per heavy atom. The predicted octanol–water partition coefficient (Wildman–Crippen LogP) is 5.34. The first-order chi connectivity index (χ1) is 9.83. The van der Waals surface area contributed by atoms with E-state index in [0.717, 1.165) is 6.54 Å². The highest BCUT2D eigenvalue weighted by Gasteiger charge is 2.09. The minimum absolute atomic E-state index is 0.155. The fourth-order valence-corrected chi connectivity index (χ4v) is 2.95. The zero-order valence-electron chi connectivity index (χ0n) is 13.7. The molecular formula is C19H25NS. The Balaban J connectivity index is 2.06. The van der Waals surface area contributed by atoms with E-state index in [1.807, 2.05) is 11.8 Å². The van der Waals surface area contributed by atoms with Crippen molar-refractivity contribution in [3.8, 4) is 0 Å². The predicted molar refractivity (Wildman–Crippen MR) is 93.1 cm³/mol. The second-order valence-corrected chi connectivity index (χ2v) is 7.75. The first kappa shape index (κ1) is 16.1. The Bertz CT molecular complexity index is 594. The monoisotopic (exact) mass is 299 g/mol. The van der Waals surface area contributed by atoms with Crippen molar-refractivity contribution < 1.29 is 0 Å². The van der Waals surface area contributed by atoms with Gasteiger partial charge in [0.15, 0.2) is 0 Å². The summed E-state index contributed by atoms with van der Waals surface area (Å²) in [6, 6.07) is 15.4. The van der Waals surface area contributed by atoms with Gasteiger partial charge in [-0.2, -0.15) is 0 Å². The lowest BCUT2D eigenvalue weighted by atomic mass is 10.1. The molecule has 0 saturated heterocycles. The van der Waals surface area contributed by atoms with E-state index in [1.54, 1.807) is 0 Å². The van der Waals surface area contributed by atoms with Crippen LogP contribution in [0.25, 0.3) is 0 Å². The van der Waals surface area contributed by atoms with E-state index in [2.05, 4.69) is 82.4 Å². The smallest absolute Gasteiger partial charge is 0.0212 e. The molecule has 2 aromatic carbocycles. The molecule has 0 aliphatic carbocycles. The highest BCUT2D eigenvalue weighted by molar-refractivity contribution is 7.99. The molecule has 2 rings (SSSR count). The fraction of sp³-hybridized carbons (Fsp3) is 0.368. The SMILES string of the molecule is Cc1ccc(Sc2ccc(CNC(C)(C)C)c(C)c2)cc1. The quantitative estimate of drug-likeness (QED) is 0.817. The molecule has 0 fully saturated rings. The fourth-order valence-electron chi connectivity index (χ4n) is 2.03. The van der Waals surface area contributed by atoms with Crippen LogP contribution in [0.4, 0.5) is 0 Å². The zero-order chi connectivity index (χ0) is 15.5. The van der Waals surface area contributed by atoms with Gasteiger partial charge < -0.3 is 5.32 Å². The van der Waals surface area contributed by atoms with Gasteiger partial charge >= 0.3 is 0 Å². The van der Waals surface area contributed by atoms with E-state index in [0.29, 0.717) is 0 Å². The van der Waals surface area contributed by atoms with Crippen molar-refractivity contribution in [1.82, 2.24) is 5.32 Å². The largest absolute Gasteiger partial charge is 0.308 e. The lowest BCUT2D eigenvalue weighted by Crippen LogP contribution is -2.35. The van der Waals surface area contributed by atoms with Crippen molar-refractivity contribution in [3.63, 3.8) is 0 Å². The topological polar surface area (TPSA) is 12.0 Å². The van der Waals surface area contributed by atoms with Crippen LogP contribution in [0.3, 0.4) is 0 Å². The average Bonchev–Trinajstić information content (AvgIpc) is 2.39. The Hall–Kier alpha value is -1.25. The van der Waals surface area contributed by atoms with Gasteiger partial charge in [-0.25, -0.2) is 0 Å². The third kappa shape index (κ3) is 5.22. The average molecular weight is 299 g/mol. The van der Waals surface area contributed by atoms with Gasteiger partial charge in [0.2, 0.25) is 0 Å². The number of hydrogen-bond donors (Lipinski definition) is 1. The number of benzene rings is 2. The maximum absolute atomic E-state index is 3.55. The van der Waals surface area contributed by atoms with Gasteiger partial charge in [0.25, 0.3) is 0 Å². The normalized spacial score (nSPS) is 11.7. The summed E-state index contributed by atoms with van der Waals surface area (Å²) in [7, 11) is 0. The molecule has 0 bridgehead atoms. The van der Waals surface area contributed by atoms with E-state index in [-0.39, 0.29) is 5.54 Å². The molecule has 0 heterocycles. The van der Waals surface area contributed by atoms with Crippen LogP contribution in [0, 0.1) is 13.8 Å². The van der Waals surface area contributed by atoms with Gasteiger partial charge in [-0.1, -0.05) is 35.5 Å². The molecular weight excluding hydrogens is 274 g/mol. The molecule has 0 aliphatic heterocycles. The van der Waals surface area contributed by atoms with Gasteiger partial charge in [0.1, 0.15) is 0 Å². The van der Waals surface area contributed by atoms with Gasteiger partial charge in [-0.15, -0.1) is 0 Å². The molecule has 21 heavy (non-hydrogen) atoms. The molecule has 0 unspecified atom stereocenters. The maximum atomic E-state index is 3.55. The minimum Gasteiger partial charge on any atom is -0.308 e. The van der Waals surface area contributed by atoms with Crippen LogP contribution in [0.2, 0.25) is 0 Å². The summed E-state index contributed by atoms with van der Waals surface area (Å²) in [6.45, 7) is 11.8. The van der Waals surface area contributed by atoms with E-state index in [9.17, 15) is 0 Å². The third-order valence-electron chi connectivity index (χ3n) is 3.38. The van der Waals surface area contributed by atoms with Crippen LogP contribution in [-0.2, 0) is 6.54 Å². The first-order valence-electron chi connectivity index (χ1n) is 7.42. The molecule has 0 aliphatic rings. The van der Waals surface area contributed by atoms with Crippen molar-refractivity contribution in [2.45, 2.75) is 56.5 Å². The summed E-state index contributed by atoms with van der Waals surface area (Å²) in [6.07, 6.45) is 0. The summed E-state index contributed by atoms with van der Waals surface area (Å²) < 4.78 is 0. The van der Waals surface area contributed by atoms with E-state index in [4.69, 9.17) is 0 Å². The first-order valence-corrected chi connectivity index (χ1v) is 8.24. The molecule has 1 nitrogen and oxygen atoms in total. The third-order valence-corrected chi connectivity index (χ3v) is 4.38. The van der Waals surface area contributed by atoms with Gasteiger partial charge in [0.05, 0.1) is 0 Å². The van der Waals surface area contributed by atoms with Gasteiger partial charge in [-0.05, 0) is 70.0 Å². The molecule has 0 radical (unpaired) electrons. The maximum Gasteiger partial charge on any atom is 0.0212 e. The van der Waals surface area contributed by atoms with Gasteiger partial charge in [-0.3, -0.25) is 0 Å². The van der Waals surface area contributed by atoms with Crippen LogP contribution in [0.5, 0.6) is 0 Å². The van der Waals surface area contributed by atoms with Crippen LogP contribution >= 0.6 is 11.8 Å². The summed E-state index contributed by atoms with van der Waals surface area (Å²) >= 11 is 1.82. The van der Waals surface area contributed by atoms with Crippen LogP contribution in [0.1, 0.15) is 37.5 Å². The second-order valence-electron chi connectivity index (χ2n) is 6.61. The Kier molecular flexibility index (Phi) is 5.13. The summed E-state index contributed by atoms with van der Waals surface area (Å²) in [5.74, 6) is 0. The number of hydrogen-bond acceptors (Lipinski definition) is 2. The second kappa shape index (κ2) is 6.67. The standard InChI is InChI=1S/C19H25NS/c1-14-6-9-17(10-7-14)21-18-11-8-16(15(2)12-18)13-20-19(3,4)5/h6-12,20H,13H2,1-5H3. The number of nitrogens with one attached hydrogen (secondary N) is 1. The molecule has 0 aromatic heterocycles. The summed E-state index contributed by atoms with van der Waals surface area (Å²) in [5, 5.41) is 3.55. The highest BCUT2D eigenvalue weighted by atomic mass is 32.2.